The third-order valence-corrected chi connectivity index (χ3v) is 6.58. The molecule has 0 aliphatic heterocycles. The van der Waals surface area contributed by atoms with Gasteiger partial charge >= 0.3 is 0 Å². The lowest BCUT2D eigenvalue weighted by molar-refractivity contribution is 0.415. The molecule has 0 radical (unpaired) electrons. The highest BCUT2D eigenvalue weighted by Gasteiger charge is 2.16. The summed E-state index contributed by atoms with van der Waals surface area (Å²) in [6, 6.07) is 19.1. The Morgan fingerprint density at radius 2 is 1.64 bits per heavy atom. The van der Waals surface area contributed by atoms with Crippen molar-refractivity contribution < 1.29 is 4.74 Å². The van der Waals surface area contributed by atoms with Gasteiger partial charge in [-0.2, -0.15) is 0 Å². The fraction of sp³-hybridized carbons (Fsp3) is 0.167. The molecule has 138 valence electrons. The molecule has 28 heavy (non-hydrogen) atoms. The van der Waals surface area contributed by atoms with Crippen molar-refractivity contribution >= 4 is 42.4 Å². The number of methoxy groups -OCH3 is 1. The highest BCUT2D eigenvalue weighted by Crippen LogP contribution is 2.43. The maximum absolute atomic E-state index is 5.36. The minimum atomic E-state index is 0.493. The van der Waals surface area contributed by atoms with Crippen molar-refractivity contribution in [3.05, 3.63) is 66.5 Å². The van der Waals surface area contributed by atoms with Crippen LogP contribution < -0.4 is 4.74 Å². The van der Waals surface area contributed by atoms with Crippen molar-refractivity contribution in [1.29, 1.82) is 0 Å². The second kappa shape index (κ2) is 6.57. The topological polar surface area (TPSA) is 35.0 Å². The highest BCUT2D eigenvalue weighted by molar-refractivity contribution is 7.26. The monoisotopic (exact) mass is 384 g/mol. The zero-order valence-corrected chi connectivity index (χ0v) is 16.9. The van der Waals surface area contributed by atoms with Gasteiger partial charge in [-0.25, -0.2) is 9.97 Å². The molecule has 0 aliphatic rings. The molecule has 3 aromatic carbocycles. The van der Waals surface area contributed by atoms with Crippen LogP contribution in [0.15, 0.2) is 60.9 Å². The van der Waals surface area contributed by atoms with Crippen molar-refractivity contribution in [3.63, 3.8) is 0 Å². The van der Waals surface area contributed by atoms with Crippen molar-refractivity contribution in [2.24, 2.45) is 0 Å². The molecule has 0 saturated heterocycles. The summed E-state index contributed by atoms with van der Waals surface area (Å²) in [5, 5.41) is 3.66. The van der Waals surface area contributed by atoms with Gasteiger partial charge in [0.1, 0.15) is 12.1 Å². The molecule has 0 N–H and O–H groups in total. The number of benzene rings is 3. The van der Waals surface area contributed by atoms with E-state index in [2.05, 4.69) is 66.3 Å². The van der Waals surface area contributed by atoms with E-state index in [0.717, 1.165) is 27.9 Å². The van der Waals surface area contributed by atoms with Crippen LogP contribution in [-0.4, -0.2) is 17.1 Å². The summed E-state index contributed by atoms with van der Waals surface area (Å²) in [6.45, 7) is 4.51. The van der Waals surface area contributed by atoms with E-state index in [4.69, 9.17) is 4.74 Å². The van der Waals surface area contributed by atoms with Crippen LogP contribution in [0, 0.1) is 0 Å². The zero-order valence-electron chi connectivity index (χ0n) is 16.1. The summed E-state index contributed by atoms with van der Waals surface area (Å²) < 4.78 is 8.01. The van der Waals surface area contributed by atoms with Gasteiger partial charge in [0.15, 0.2) is 0 Å². The van der Waals surface area contributed by atoms with E-state index in [1.165, 1.54) is 25.7 Å². The lowest BCUT2D eigenvalue weighted by Crippen LogP contribution is -1.90. The molecule has 0 aliphatic carbocycles. The van der Waals surface area contributed by atoms with Gasteiger partial charge in [0.2, 0.25) is 0 Å². The Morgan fingerprint density at radius 3 is 2.43 bits per heavy atom. The summed E-state index contributed by atoms with van der Waals surface area (Å²) in [6.07, 6.45) is 1.64. The minimum Gasteiger partial charge on any atom is -0.497 e. The van der Waals surface area contributed by atoms with Crippen LogP contribution in [0.25, 0.3) is 42.3 Å². The van der Waals surface area contributed by atoms with Crippen molar-refractivity contribution in [1.82, 2.24) is 9.97 Å². The van der Waals surface area contributed by atoms with Crippen LogP contribution in [0.4, 0.5) is 0 Å². The average Bonchev–Trinajstić information content (AvgIpc) is 3.11. The first-order valence-corrected chi connectivity index (χ1v) is 10.2. The fourth-order valence-electron chi connectivity index (χ4n) is 3.86. The fourth-order valence-corrected chi connectivity index (χ4v) is 5.34. The Morgan fingerprint density at radius 1 is 0.857 bits per heavy atom. The first kappa shape index (κ1) is 17.1. The first-order chi connectivity index (χ1) is 13.7. The normalized spacial score (nSPS) is 11.7. The van der Waals surface area contributed by atoms with Gasteiger partial charge in [-0.15, -0.1) is 11.3 Å². The number of aromatic nitrogens is 2. The number of nitrogens with zero attached hydrogens (tertiary/aromatic N) is 2. The summed E-state index contributed by atoms with van der Waals surface area (Å²) in [4.78, 5) is 9.11. The van der Waals surface area contributed by atoms with Gasteiger partial charge in [-0.1, -0.05) is 50.2 Å². The molecule has 5 aromatic rings. The maximum atomic E-state index is 5.36. The third-order valence-electron chi connectivity index (χ3n) is 5.28. The standard InChI is InChI=1S/C24H20N2OS/c1-14(2)16-6-4-7-17-18-8-5-9-20(24(18)28-23(16)17)22-19-11-10-15(27-3)12-21(19)25-13-26-22/h4-14H,1-3H3. The van der Waals surface area contributed by atoms with Gasteiger partial charge in [-0.3, -0.25) is 0 Å². The molecule has 0 bridgehead atoms. The largest absolute Gasteiger partial charge is 0.497 e. The molecule has 2 aromatic heterocycles. The Kier molecular flexibility index (Phi) is 4.02. The summed E-state index contributed by atoms with van der Waals surface area (Å²) in [5.74, 6) is 1.30. The average molecular weight is 385 g/mol. The Balaban J connectivity index is 1.84. The predicted octanol–water partition coefficient (Wildman–Crippen LogP) is 6.80. The molecular weight excluding hydrogens is 364 g/mol. The van der Waals surface area contributed by atoms with E-state index in [9.17, 15) is 0 Å². The van der Waals surface area contributed by atoms with Crippen molar-refractivity contribution in [2.75, 3.05) is 7.11 Å². The zero-order chi connectivity index (χ0) is 19.3. The quantitative estimate of drug-likeness (QED) is 0.343. The van der Waals surface area contributed by atoms with Gasteiger partial charge < -0.3 is 4.74 Å². The second-order valence-corrected chi connectivity index (χ2v) is 8.29. The smallest absolute Gasteiger partial charge is 0.121 e. The number of ether oxygens (including phenoxy) is 1. The number of hydrogen-bond donors (Lipinski definition) is 0. The van der Waals surface area contributed by atoms with Crippen LogP contribution in [-0.2, 0) is 0 Å². The van der Waals surface area contributed by atoms with Crippen molar-refractivity contribution in [3.8, 4) is 17.0 Å². The summed E-state index contributed by atoms with van der Waals surface area (Å²) in [7, 11) is 1.67. The molecular formula is C24H20N2OS. The SMILES string of the molecule is COc1ccc2c(-c3cccc4c3sc3c(C(C)C)cccc34)ncnc2c1. The molecule has 0 saturated carbocycles. The van der Waals surface area contributed by atoms with E-state index in [-0.39, 0.29) is 0 Å². The highest BCUT2D eigenvalue weighted by atomic mass is 32.1. The van der Waals surface area contributed by atoms with Crippen LogP contribution in [0.5, 0.6) is 5.75 Å². The summed E-state index contributed by atoms with van der Waals surface area (Å²) in [5.41, 5.74) is 4.43. The van der Waals surface area contributed by atoms with E-state index >= 15 is 0 Å². The van der Waals surface area contributed by atoms with E-state index in [1.54, 1.807) is 13.4 Å². The molecule has 5 rings (SSSR count). The van der Waals surface area contributed by atoms with Gasteiger partial charge in [-0.05, 0) is 23.6 Å². The molecule has 0 unspecified atom stereocenters. The van der Waals surface area contributed by atoms with Crippen LogP contribution in [0.2, 0.25) is 0 Å². The Bertz CT molecular complexity index is 1340. The lowest BCUT2D eigenvalue weighted by atomic mass is 9.99. The van der Waals surface area contributed by atoms with Gasteiger partial charge in [0.05, 0.1) is 18.3 Å². The van der Waals surface area contributed by atoms with E-state index < -0.39 is 0 Å². The first-order valence-electron chi connectivity index (χ1n) is 9.40. The molecule has 0 atom stereocenters. The molecule has 2 heterocycles. The minimum absolute atomic E-state index is 0.493. The van der Waals surface area contributed by atoms with Crippen LogP contribution in [0.1, 0.15) is 25.3 Å². The van der Waals surface area contributed by atoms with E-state index in [1.807, 2.05) is 23.5 Å². The van der Waals surface area contributed by atoms with E-state index in [0.29, 0.717) is 5.92 Å². The molecule has 4 heteroatoms. The maximum Gasteiger partial charge on any atom is 0.121 e. The van der Waals surface area contributed by atoms with Crippen LogP contribution in [0.3, 0.4) is 0 Å². The number of thiophene rings is 1. The van der Waals surface area contributed by atoms with Gasteiger partial charge in [0.25, 0.3) is 0 Å². The van der Waals surface area contributed by atoms with Crippen molar-refractivity contribution in [2.45, 2.75) is 19.8 Å². The summed E-state index contributed by atoms with van der Waals surface area (Å²) >= 11 is 1.87. The lowest BCUT2D eigenvalue weighted by Gasteiger charge is -2.08. The number of fused-ring (bicyclic) bond motifs is 4. The third kappa shape index (κ3) is 2.56. The van der Waals surface area contributed by atoms with Crippen LogP contribution >= 0.6 is 11.3 Å². The molecule has 0 fully saturated rings. The Hall–Kier alpha value is -2.98. The number of rotatable bonds is 3. The molecule has 3 nitrogen and oxygen atoms in total. The second-order valence-electron chi connectivity index (χ2n) is 7.27. The Labute approximate surface area is 167 Å². The predicted molar refractivity (Wildman–Crippen MR) is 119 cm³/mol. The molecule has 0 spiro atoms. The molecule has 0 amide bonds. The number of hydrogen-bond acceptors (Lipinski definition) is 4. The van der Waals surface area contributed by atoms with Gasteiger partial charge in [0, 0.05) is 37.2 Å².